The minimum atomic E-state index is 0.0406. The van der Waals surface area contributed by atoms with Gasteiger partial charge in [-0.25, -0.2) is 0 Å². The average molecular weight is 286 g/mol. The maximum absolute atomic E-state index is 11.5. The molecular formula is C12H16BrNO2. The van der Waals surface area contributed by atoms with Gasteiger partial charge in [-0.05, 0) is 32.0 Å². The zero-order chi connectivity index (χ0) is 12.1. The van der Waals surface area contributed by atoms with E-state index in [1.54, 1.807) is 6.92 Å². The first-order chi connectivity index (χ1) is 7.60. The van der Waals surface area contributed by atoms with Crippen molar-refractivity contribution in [3.05, 3.63) is 28.2 Å². The number of aliphatic hydroxyl groups is 1. The summed E-state index contributed by atoms with van der Waals surface area (Å²) in [6.07, 6.45) is 0. The molecule has 4 heteroatoms. The van der Waals surface area contributed by atoms with Gasteiger partial charge < -0.3 is 10.0 Å². The van der Waals surface area contributed by atoms with E-state index in [0.717, 1.165) is 16.7 Å². The number of halogens is 1. The van der Waals surface area contributed by atoms with Gasteiger partial charge in [0.2, 0.25) is 0 Å². The fraction of sp³-hybridized carbons (Fsp3) is 0.417. The Balaban J connectivity index is 3.16. The molecule has 0 spiro atoms. The van der Waals surface area contributed by atoms with E-state index in [9.17, 15) is 4.79 Å². The maximum Gasteiger partial charge on any atom is 0.161 e. The molecule has 0 amide bonds. The van der Waals surface area contributed by atoms with E-state index in [-0.39, 0.29) is 12.4 Å². The summed E-state index contributed by atoms with van der Waals surface area (Å²) in [7, 11) is 0. The third-order valence-electron chi connectivity index (χ3n) is 2.43. The zero-order valence-electron chi connectivity index (χ0n) is 9.53. The van der Waals surface area contributed by atoms with Gasteiger partial charge in [-0.2, -0.15) is 0 Å². The van der Waals surface area contributed by atoms with Crippen molar-refractivity contribution < 1.29 is 9.90 Å². The monoisotopic (exact) mass is 285 g/mol. The molecule has 0 fully saturated rings. The molecule has 1 aromatic rings. The highest BCUT2D eigenvalue weighted by atomic mass is 79.9. The van der Waals surface area contributed by atoms with Crippen molar-refractivity contribution in [2.45, 2.75) is 13.8 Å². The van der Waals surface area contributed by atoms with Gasteiger partial charge in [0.05, 0.1) is 6.61 Å². The first kappa shape index (κ1) is 13.2. The van der Waals surface area contributed by atoms with Crippen molar-refractivity contribution >= 4 is 27.4 Å². The van der Waals surface area contributed by atoms with Crippen LogP contribution in [-0.4, -0.2) is 30.6 Å². The number of likely N-dealkylation sites (N-methyl/N-ethyl adjacent to an activating group) is 1. The molecular weight excluding hydrogens is 270 g/mol. The first-order valence-electron chi connectivity index (χ1n) is 5.26. The normalized spacial score (nSPS) is 10.2. The molecule has 0 saturated heterocycles. The number of Topliss-reactive ketones (excluding diaryl/α,β-unsaturated/α-hetero) is 1. The number of hydrogen-bond donors (Lipinski definition) is 1. The highest BCUT2D eigenvalue weighted by molar-refractivity contribution is 9.10. The van der Waals surface area contributed by atoms with Gasteiger partial charge in [-0.3, -0.25) is 4.79 Å². The molecule has 0 unspecified atom stereocenters. The molecule has 0 aromatic heterocycles. The number of carbonyl (C=O) groups excluding carboxylic acids is 1. The van der Waals surface area contributed by atoms with Crippen LogP contribution in [0.3, 0.4) is 0 Å². The molecule has 1 aromatic carbocycles. The molecule has 88 valence electrons. The van der Waals surface area contributed by atoms with Gasteiger partial charge in [-0.1, -0.05) is 15.9 Å². The molecule has 1 rings (SSSR count). The molecule has 0 aliphatic heterocycles. The van der Waals surface area contributed by atoms with E-state index in [0.29, 0.717) is 12.1 Å². The van der Waals surface area contributed by atoms with Crippen LogP contribution in [0.1, 0.15) is 24.2 Å². The lowest BCUT2D eigenvalue weighted by Crippen LogP contribution is -2.27. The molecule has 16 heavy (non-hydrogen) atoms. The summed E-state index contributed by atoms with van der Waals surface area (Å²) in [6, 6.07) is 5.57. The van der Waals surface area contributed by atoms with Crippen LogP contribution >= 0.6 is 15.9 Å². The number of rotatable bonds is 5. The number of nitrogens with zero attached hydrogens (tertiary/aromatic N) is 1. The molecule has 0 bridgehead atoms. The van der Waals surface area contributed by atoms with Crippen LogP contribution in [0.15, 0.2) is 22.7 Å². The third kappa shape index (κ3) is 3.06. The van der Waals surface area contributed by atoms with Crippen molar-refractivity contribution in [2.75, 3.05) is 24.6 Å². The van der Waals surface area contributed by atoms with Crippen LogP contribution in [-0.2, 0) is 0 Å². The number of ketones is 1. The second-order valence-electron chi connectivity index (χ2n) is 3.52. The zero-order valence-corrected chi connectivity index (χ0v) is 11.1. The lowest BCUT2D eigenvalue weighted by Gasteiger charge is -2.24. The smallest absolute Gasteiger partial charge is 0.161 e. The minimum absolute atomic E-state index is 0.0406. The Bertz CT molecular complexity index is 379. The average Bonchev–Trinajstić information content (AvgIpc) is 2.25. The fourth-order valence-electron chi connectivity index (χ4n) is 1.63. The maximum atomic E-state index is 11.5. The Hall–Kier alpha value is -0.870. The molecule has 1 N–H and O–H groups in total. The van der Waals surface area contributed by atoms with Crippen molar-refractivity contribution in [3.8, 4) is 0 Å². The second-order valence-corrected chi connectivity index (χ2v) is 4.44. The van der Waals surface area contributed by atoms with Crippen LogP contribution in [0, 0.1) is 0 Å². The van der Waals surface area contributed by atoms with Gasteiger partial charge in [0, 0.05) is 28.8 Å². The van der Waals surface area contributed by atoms with Crippen molar-refractivity contribution in [3.63, 3.8) is 0 Å². The molecule has 0 radical (unpaired) electrons. The quantitative estimate of drug-likeness (QED) is 0.845. The second kappa shape index (κ2) is 6.01. The predicted molar refractivity (Wildman–Crippen MR) is 69.1 cm³/mol. The lowest BCUT2D eigenvalue weighted by molar-refractivity contribution is 0.101. The molecule has 0 saturated carbocycles. The number of aliphatic hydroxyl groups excluding tert-OH is 1. The highest BCUT2D eigenvalue weighted by Crippen LogP contribution is 2.25. The fourth-order valence-corrected chi connectivity index (χ4v) is 1.98. The standard InChI is InChI=1S/C12H16BrNO2/c1-3-14(6-7-15)12-8-10(13)4-5-11(12)9(2)16/h4-5,8,15H,3,6-7H2,1-2H3. The highest BCUT2D eigenvalue weighted by Gasteiger charge is 2.12. The minimum Gasteiger partial charge on any atom is -0.395 e. The van der Waals surface area contributed by atoms with Crippen LogP contribution in [0.2, 0.25) is 0 Å². The number of hydrogen-bond acceptors (Lipinski definition) is 3. The Morgan fingerprint density at radius 2 is 2.19 bits per heavy atom. The van der Waals surface area contributed by atoms with Crippen LogP contribution in [0.5, 0.6) is 0 Å². The number of benzene rings is 1. The van der Waals surface area contributed by atoms with Crippen LogP contribution in [0.4, 0.5) is 5.69 Å². The first-order valence-corrected chi connectivity index (χ1v) is 6.05. The topological polar surface area (TPSA) is 40.5 Å². The molecule has 0 atom stereocenters. The van der Waals surface area contributed by atoms with Gasteiger partial charge >= 0.3 is 0 Å². The molecule has 0 heterocycles. The van der Waals surface area contributed by atoms with Crippen LogP contribution in [0.25, 0.3) is 0 Å². The van der Waals surface area contributed by atoms with E-state index in [4.69, 9.17) is 5.11 Å². The molecule has 3 nitrogen and oxygen atoms in total. The molecule has 0 aliphatic carbocycles. The van der Waals surface area contributed by atoms with E-state index in [2.05, 4.69) is 15.9 Å². The van der Waals surface area contributed by atoms with E-state index < -0.39 is 0 Å². The van der Waals surface area contributed by atoms with Gasteiger partial charge in [0.1, 0.15) is 0 Å². The van der Waals surface area contributed by atoms with Gasteiger partial charge in [-0.15, -0.1) is 0 Å². The lowest BCUT2D eigenvalue weighted by atomic mass is 10.1. The number of anilines is 1. The summed E-state index contributed by atoms with van der Waals surface area (Å²) in [5.41, 5.74) is 1.57. The Labute approximate surface area is 104 Å². The summed E-state index contributed by atoms with van der Waals surface area (Å²) < 4.78 is 0.934. The Morgan fingerprint density at radius 1 is 1.50 bits per heavy atom. The SMILES string of the molecule is CCN(CCO)c1cc(Br)ccc1C(C)=O. The van der Waals surface area contributed by atoms with Crippen molar-refractivity contribution in [1.82, 2.24) is 0 Å². The number of carbonyl (C=O) groups is 1. The van der Waals surface area contributed by atoms with Gasteiger partial charge in [0.25, 0.3) is 0 Å². The van der Waals surface area contributed by atoms with Gasteiger partial charge in [0.15, 0.2) is 5.78 Å². The largest absolute Gasteiger partial charge is 0.395 e. The summed E-state index contributed by atoms with van der Waals surface area (Å²) >= 11 is 3.39. The summed E-state index contributed by atoms with van der Waals surface area (Å²) in [5, 5.41) is 8.99. The summed E-state index contributed by atoms with van der Waals surface area (Å²) in [6.45, 7) is 4.93. The summed E-state index contributed by atoms with van der Waals surface area (Å²) in [4.78, 5) is 13.5. The van der Waals surface area contributed by atoms with Crippen molar-refractivity contribution in [2.24, 2.45) is 0 Å². The van der Waals surface area contributed by atoms with E-state index in [1.807, 2.05) is 30.0 Å². The van der Waals surface area contributed by atoms with Crippen molar-refractivity contribution in [1.29, 1.82) is 0 Å². The Kier molecular flexibility index (Phi) is 4.96. The van der Waals surface area contributed by atoms with E-state index in [1.165, 1.54) is 0 Å². The van der Waals surface area contributed by atoms with Crippen LogP contribution < -0.4 is 4.90 Å². The molecule has 0 aliphatic rings. The Morgan fingerprint density at radius 3 is 2.69 bits per heavy atom. The third-order valence-corrected chi connectivity index (χ3v) is 2.92. The van der Waals surface area contributed by atoms with E-state index >= 15 is 0 Å². The summed E-state index contributed by atoms with van der Waals surface area (Å²) in [5.74, 6) is 0.0406. The predicted octanol–water partition coefficient (Wildman–Crippen LogP) is 2.47.